The fourth-order valence-electron chi connectivity index (χ4n) is 5.02. The molecule has 2 bridgehead atoms. The Morgan fingerprint density at radius 1 is 1.27 bits per heavy atom. The number of thiophene rings is 1. The minimum absolute atomic E-state index is 0.190. The van der Waals surface area contributed by atoms with Crippen LogP contribution in [0.1, 0.15) is 47.5 Å². The highest BCUT2D eigenvalue weighted by Gasteiger charge is 2.39. The standard InChI is InChI=1S/C22H25N3OS.CH2O2/c1-13-3-8-21(27-13)15-4-7-19-18(12-15)22(24-23-19)20(26)11-14-9-16-5-6-17(10-14)25(16)2;2-1-3/h3-4,7-8,12,14,16-17H,5-6,9-11H2,1-2H3,(H,23,24);1H,(H,2,3). The largest absolute Gasteiger partial charge is 0.483 e. The third-order valence-electron chi connectivity index (χ3n) is 6.52. The minimum Gasteiger partial charge on any atom is -0.483 e. The highest BCUT2D eigenvalue weighted by Crippen LogP contribution is 2.39. The topological polar surface area (TPSA) is 86.3 Å². The lowest BCUT2D eigenvalue weighted by Crippen LogP contribution is -2.40. The molecule has 0 spiro atoms. The van der Waals surface area contributed by atoms with E-state index < -0.39 is 0 Å². The van der Waals surface area contributed by atoms with Crippen molar-refractivity contribution in [2.75, 3.05) is 7.05 Å². The molecule has 2 aromatic heterocycles. The Bertz CT molecular complexity index is 1040. The number of H-pyrrole nitrogens is 1. The van der Waals surface area contributed by atoms with Gasteiger partial charge in [0.2, 0.25) is 0 Å². The number of benzene rings is 1. The van der Waals surface area contributed by atoms with Crippen LogP contribution in [0.15, 0.2) is 30.3 Å². The van der Waals surface area contributed by atoms with Gasteiger partial charge in [0.1, 0.15) is 5.69 Å². The third-order valence-corrected chi connectivity index (χ3v) is 7.57. The van der Waals surface area contributed by atoms with E-state index in [0.29, 0.717) is 30.1 Å². The monoisotopic (exact) mass is 425 g/mol. The number of fused-ring (bicyclic) bond motifs is 3. The van der Waals surface area contributed by atoms with Crippen LogP contribution in [0.25, 0.3) is 21.3 Å². The fourth-order valence-corrected chi connectivity index (χ4v) is 5.88. The second-order valence-electron chi connectivity index (χ2n) is 8.36. The van der Waals surface area contributed by atoms with Gasteiger partial charge in [-0.25, -0.2) is 0 Å². The molecule has 0 aliphatic carbocycles. The summed E-state index contributed by atoms with van der Waals surface area (Å²) < 4.78 is 0. The van der Waals surface area contributed by atoms with Gasteiger partial charge in [0.25, 0.3) is 6.47 Å². The SMILES string of the molecule is Cc1ccc(-c2ccc3[nH]nc(C(=O)CC4CC5CCC(C4)N5C)c3c2)s1.O=CO. The summed E-state index contributed by atoms with van der Waals surface area (Å²) in [5.41, 5.74) is 2.72. The number of rotatable bonds is 4. The molecule has 2 saturated heterocycles. The number of carboxylic acid groups (broad SMARTS) is 1. The van der Waals surface area contributed by atoms with Gasteiger partial charge in [-0.3, -0.25) is 14.7 Å². The molecule has 0 amide bonds. The first-order valence-corrected chi connectivity index (χ1v) is 11.2. The van der Waals surface area contributed by atoms with Crippen LogP contribution in [0.5, 0.6) is 0 Å². The van der Waals surface area contributed by atoms with Crippen molar-refractivity contribution in [2.45, 2.75) is 51.1 Å². The number of hydrogen-bond donors (Lipinski definition) is 2. The van der Waals surface area contributed by atoms with Crippen molar-refractivity contribution in [2.24, 2.45) is 5.92 Å². The molecular weight excluding hydrogens is 398 g/mol. The van der Waals surface area contributed by atoms with Crippen molar-refractivity contribution in [1.82, 2.24) is 15.1 Å². The second kappa shape index (κ2) is 8.70. The van der Waals surface area contributed by atoms with Gasteiger partial charge >= 0.3 is 0 Å². The molecule has 0 radical (unpaired) electrons. The summed E-state index contributed by atoms with van der Waals surface area (Å²) in [5.74, 6) is 0.691. The third kappa shape index (κ3) is 4.04. The molecule has 4 heterocycles. The second-order valence-corrected chi connectivity index (χ2v) is 9.65. The zero-order valence-corrected chi connectivity index (χ0v) is 18.1. The number of nitrogens with one attached hydrogen (secondary N) is 1. The fraction of sp³-hybridized carbons (Fsp3) is 0.435. The predicted molar refractivity (Wildman–Crippen MR) is 119 cm³/mol. The maximum Gasteiger partial charge on any atom is 0.290 e. The number of carbonyl (C=O) groups is 2. The Morgan fingerprint density at radius 2 is 1.97 bits per heavy atom. The van der Waals surface area contributed by atoms with Crippen LogP contribution < -0.4 is 0 Å². The van der Waals surface area contributed by atoms with E-state index in [1.54, 1.807) is 11.3 Å². The summed E-state index contributed by atoms with van der Waals surface area (Å²) in [5, 5.41) is 15.3. The Kier molecular flexibility index (Phi) is 6.01. The number of nitrogens with zero attached hydrogens (tertiary/aromatic N) is 2. The first-order chi connectivity index (χ1) is 14.5. The molecule has 1 aromatic carbocycles. The molecule has 7 heteroatoms. The van der Waals surface area contributed by atoms with Gasteiger partial charge in [0.05, 0.1) is 5.52 Å². The van der Waals surface area contributed by atoms with Gasteiger partial charge in [-0.1, -0.05) is 6.07 Å². The number of aromatic amines is 1. The van der Waals surface area contributed by atoms with E-state index in [0.717, 1.165) is 29.3 Å². The van der Waals surface area contributed by atoms with E-state index in [-0.39, 0.29) is 12.3 Å². The van der Waals surface area contributed by atoms with Gasteiger partial charge in [-0.2, -0.15) is 5.10 Å². The van der Waals surface area contributed by atoms with Crippen molar-refractivity contribution in [3.05, 3.63) is 40.9 Å². The van der Waals surface area contributed by atoms with Crippen LogP contribution in [0, 0.1) is 12.8 Å². The van der Waals surface area contributed by atoms with Gasteiger partial charge in [0.15, 0.2) is 5.78 Å². The van der Waals surface area contributed by atoms with E-state index in [1.807, 2.05) is 6.07 Å². The molecule has 5 rings (SSSR count). The summed E-state index contributed by atoms with van der Waals surface area (Å²) in [4.78, 5) is 26.5. The number of carbonyl (C=O) groups excluding carboxylic acids is 1. The predicted octanol–water partition coefficient (Wildman–Crippen LogP) is 4.75. The van der Waals surface area contributed by atoms with E-state index in [2.05, 4.69) is 53.3 Å². The summed E-state index contributed by atoms with van der Waals surface area (Å²) >= 11 is 1.78. The number of aryl methyl sites for hydroxylation is 1. The molecule has 2 atom stereocenters. The number of piperidine rings is 1. The van der Waals surface area contributed by atoms with Crippen LogP contribution in [0.2, 0.25) is 0 Å². The van der Waals surface area contributed by atoms with Gasteiger partial charge in [-0.15, -0.1) is 11.3 Å². The first kappa shape index (κ1) is 20.8. The van der Waals surface area contributed by atoms with Crippen LogP contribution in [-0.4, -0.2) is 51.6 Å². The van der Waals surface area contributed by atoms with Gasteiger partial charge < -0.3 is 10.0 Å². The minimum atomic E-state index is -0.250. The average Bonchev–Trinajstić information content (AvgIpc) is 3.38. The van der Waals surface area contributed by atoms with E-state index in [9.17, 15) is 4.79 Å². The normalized spacial score (nSPS) is 23.2. The zero-order valence-electron chi connectivity index (χ0n) is 17.3. The van der Waals surface area contributed by atoms with Crippen molar-refractivity contribution < 1.29 is 14.7 Å². The Hall–Kier alpha value is -2.51. The molecular formula is C23H27N3O3S. The summed E-state index contributed by atoms with van der Waals surface area (Å²) in [7, 11) is 2.25. The first-order valence-electron chi connectivity index (χ1n) is 10.4. The summed E-state index contributed by atoms with van der Waals surface area (Å²) in [6, 6.07) is 11.9. The molecule has 30 heavy (non-hydrogen) atoms. The van der Waals surface area contributed by atoms with Crippen molar-refractivity contribution in [1.29, 1.82) is 0 Å². The maximum atomic E-state index is 13.1. The average molecular weight is 426 g/mol. The van der Waals surface area contributed by atoms with E-state index in [4.69, 9.17) is 9.90 Å². The highest BCUT2D eigenvalue weighted by molar-refractivity contribution is 7.15. The van der Waals surface area contributed by atoms with Crippen molar-refractivity contribution in [3.8, 4) is 10.4 Å². The lowest BCUT2D eigenvalue weighted by atomic mass is 9.86. The van der Waals surface area contributed by atoms with E-state index in [1.165, 1.54) is 22.6 Å². The number of aromatic nitrogens is 2. The lowest BCUT2D eigenvalue weighted by Gasteiger charge is -2.36. The Morgan fingerprint density at radius 3 is 2.60 bits per heavy atom. The Balaban J connectivity index is 0.000000687. The van der Waals surface area contributed by atoms with Crippen LogP contribution in [0.4, 0.5) is 0 Å². The molecule has 6 nitrogen and oxygen atoms in total. The number of hydrogen-bond acceptors (Lipinski definition) is 5. The molecule has 2 N–H and O–H groups in total. The zero-order chi connectivity index (χ0) is 21.3. The van der Waals surface area contributed by atoms with Crippen molar-refractivity contribution in [3.63, 3.8) is 0 Å². The smallest absolute Gasteiger partial charge is 0.290 e. The van der Waals surface area contributed by atoms with Crippen LogP contribution >= 0.6 is 11.3 Å². The summed E-state index contributed by atoms with van der Waals surface area (Å²) in [6.45, 7) is 1.87. The van der Waals surface area contributed by atoms with Crippen LogP contribution in [-0.2, 0) is 4.79 Å². The molecule has 2 unspecified atom stereocenters. The molecule has 3 aromatic rings. The molecule has 2 aliphatic heterocycles. The van der Waals surface area contributed by atoms with Crippen molar-refractivity contribution >= 4 is 34.5 Å². The maximum absolute atomic E-state index is 13.1. The Labute approximate surface area is 179 Å². The number of Topliss-reactive ketones (excluding diaryl/α,β-unsaturated/α-hetero) is 1. The van der Waals surface area contributed by atoms with Gasteiger partial charge in [-0.05, 0) is 75.4 Å². The number of ketones is 1. The molecule has 158 valence electrons. The molecule has 0 saturated carbocycles. The van der Waals surface area contributed by atoms with E-state index >= 15 is 0 Å². The molecule has 2 aliphatic rings. The highest BCUT2D eigenvalue weighted by atomic mass is 32.1. The lowest BCUT2D eigenvalue weighted by molar-refractivity contribution is -0.122. The van der Waals surface area contributed by atoms with Gasteiger partial charge in [0, 0.05) is 33.6 Å². The molecule has 2 fully saturated rings. The summed E-state index contributed by atoms with van der Waals surface area (Å²) in [6.07, 6.45) is 5.52. The van der Waals surface area contributed by atoms with Crippen LogP contribution in [0.3, 0.4) is 0 Å². The quantitative estimate of drug-likeness (QED) is 0.465.